The molecule has 0 saturated carbocycles. The number of carboxylic acid groups (broad SMARTS) is 2. The van der Waals surface area contributed by atoms with Crippen molar-refractivity contribution in [2.45, 2.75) is 0 Å². The Hall–Kier alpha value is -0.860. The summed E-state index contributed by atoms with van der Waals surface area (Å²) in [5.41, 5.74) is 0. The highest BCUT2D eigenvalue weighted by Crippen LogP contribution is 1.59. The summed E-state index contributed by atoms with van der Waals surface area (Å²) in [7, 11) is -4.67. The van der Waals surface area contributed by atoms with Gasteiger partial charge in [0.05, 0.1) is 0 Å². The molecule has 0 aromatic heterocycles. The van der Waals surface area contributed by atoms with Crippen molar-refractivity contribution in [2.75, 3.05) is 0 Å². The Morgan fingerprint density at radius 2 is 1.11 bits per heavy atom. The summed E-state index contributed by atoms with van der Waals surface area (Å²) >= 11 is 0. The van der Waals surface area contributed by atoms with Crippen molar-refractivity contribution in [1.82, 2.24) is 0 Å². The Kier molecular flexibility index (Phi) is 4.97. The maximum Gasteiger partial charge on any atom is 0.503 e. The van der Waals surface area contributed by atoms with E-state index in [4.69, 9.17) is 32.5 Å². The Balaban J connectivity index is 0. The van der Waals surface area contributed by atoms with E-state index in [9.17, 15) is 0 Å². The second-order valence-electron chi connectivity index (χ2n) is 0.730. The molecule has 0 fully saturated rings. The van der Waals surface area contributed by atoms with Gasteiger partial charge in [0.15, 0.2) is 0 Å². The molecule has 56 valence electrons. The van der Waals surface area contributed by atoms with Gasteiger partial charge in [-0.2, -0.15) is 8.42 Å². The predicted molar refractivity (Wildman–Crippen MR) is 24.8 cm³/mol. The fourth-order valence-electron chi connectivity index (χ4n) is 0. The summed E-state index contributed by atoms with van der Waals surface area (Å²) in [6.07, 6.45) is -1.83. The van der Waals surface area contributed by atoms with Gasteiger partial charge in [-0.25, -0.2) is 4.79 Å². The van der Waals surface area contributed by atoms with Gasteiger partial charge in [-0.05, 0) is 0 Å². The Bertz CT molecular complexity index is 151. The van der Waals surface area contributed by atoms with Gasteiger partial charge >= 0.3 is 16.6 Å². The molecule has 0 radical (unpaired) electrons. The highest BCUT2D eigenvalue weighted by atomic mass is 32.3. The van der Waals surface area contributed by atoms with Gasteiger partial charge in [-0.1, -0.05) is 0 Å². The lowest BCUT2D eigenvalue weighted by atomic mass is 11.5. The third kappa shape index (κ3) is 255. The molecule has 0 aromatic carbocycles. The maximum absolute atomic E-state index is 8.74. The zero-order valence-corrected chi connectivity index (χ0v) is 4.74. The molecule has 8 heteroatoms. The minimum atomic E-state index is -4.67. The Morgan fingerprint density at radius 1 is 1.11 bits per heavy atom. The average molecular weight is 160 g/mol. The normalized spacial score (nSPS) is 9.11. The van der Waals surface area contributed by atoms with Crippen molar-refractivity contribution in [3.8, 4) is 0 Å². The largest absolute Gasteiger partial charge is 0.503 e. The van der Waals surface area contributed by atoms with Gasteiger partial charge in [-0.15, -0.1) is 0 Å². The van der Waals surface area contributed by atoms with E-state index in [0.717, 1.165) is 0 Å². The first-order valence-electron chi connectivity index (χ1n) is 1.35. The van der Waals surface area contributed by atoms with Crippen molar-refractivity contribution in [3.05, 3.63) is 0 Å². The Morgan fingerprint density at radius 3 is 1.11 bits per heavy atom. The molecule has 0 rings (SSSR count). The van der Waals surface area contributed by atoms with E-state index in [0.29, 0.717) is 0 Å². The van der Waals surface area contributed by atoms with Crippen molar-refractivity contribution in [3.63, 3.8) is 0 Å². The average Bonchev–Trinajstić information content (AvgIpc) is 1.19. The predicted octanol–water partition coefficient (Wildman–Crippen LogP) is -0.430. The zero-order chi connectivity index (χ0) is 8.08. The van der Waals surface area contributed by atoms with Gasteiger partial charge in [-0.3, -0.25) is 9.11 Å². The third-order valence-electron chi connectivity index (χ3n) is 0. The first kappa shape index (κ1) is 11.0. The summed E-state index contributed by atoms with van der Waals surface area (Å²) in [5, 5.41) is 13.9. The highest BCUT2D eigenvalue weighted by molar-refractivity contribution is 7.79. The highest BCUT2D eigenvalue weighted by Gasteiger charge is 1.84. The lowest BCUT2D eigenvalue weighted by Crippen LogP contribution is -1.89. The summed E-state index contributed by atoms with van der Waals surface area (Å²) in [6, 6.07) is 0. The number of hydrogen-bond donors (Lipinski definition) is 4. The van der Waals surface area contributed by atoms with Crippen molar-refractivity contribution in [2.24, 2.45) is 0 Å². The van der Waals surface area contributed by atoms with Gasteiger partial charge in [0.25, 0.3) is 0 Å². The van der Waals surface area contributed by atoms with Crippen LogP contribution in [0.4, 0.5) is 4.79 Å². The SMILES string of the molecule is O=C(O)O.O=S(=O)(O)O. The topological polar surface area (TPSA) is 132 Å². The van der Waals surface area contributed by atoms with Crippen LogP contribution in [0.15, 0.2) is 0 Å². The summed E-state index contributed by atoms with van der Waals surface area (Å²) in [5.74, 6) is 0. The molecule has 0 aromatic rings. The van der Waals surface area contributed by atoms with Crippen LogP contribution < -0.4 is 0 Å². The first-order chi connectivity index (χ1) is 3.73. The standard InChI is InChI=1S/CH2O3.H2O4S/c2-1(3)4;1-5(2,3)4/h(H2,2,3,4);(H2,1,2,3,4). The van der Waals surface area contributed by atoms with E-state index in [-0.39, 0.29) is 0 Å². The molecule has 4 N–H and O–H groups in total. The van der Waals surface area contributed by atoms with Crippen molar-refractivity contribution in [1.29, 1.82) is 0 Å². The van der Waals surface area contributed by atoms with Crippen LogP contribution >= 0.6 is 0 Å². The summed E-state index contributed by atoms with van der Waals surface area (Å²) in [6.45, 7) is 0. The molecule has 0 bridgehead atoms. The van der Waals surface area contributed by atoms with Crippen LogP contribution in [0.2, 0.25) is 0 Å². The van der Waals surface area contributed by atoms with E-state index in [1.54, 1.807) is 0 Å². The fraction of sp³-hybridized carbons (Fsp3) is 0. The van der Waals surface area contributed by atoms with E-state index in [1.807, 2.05) is 0 Å². The van der Waals surface area contributed by atoms with Crippen molar-refractivity contribution >= 4 is 16.6 Å². The van der Waals surface area contributed by atoms with Gasteiger partial charge in [0.1, 0.15) is 0 Å². The molecular weight excluding hydrogens is 156 g/mol. The molecule has 0 heterocycles. The molecule has 0 aliphatic heterocycles. The fourth-order valence-corrected chi connectivity index (χ4v) is 0. The number of carbonyl (C=O) groups is 1. The lowest BCUT2D eigenvalue weighted by Gasteiger charge is -1.68. The lowest BCUT2D eigenvalue weighted by molar-refractivity contribution is 0.137. The van der Waals surface area contributed by atoms with Crippen LogP contribution in [0.1, 0.15) is 0 Å². The molecule has 0 aliphatic rings. The summed E-state index contributed by atoms with van der Waals surface area (Å²) in [4.78, 5) is 8.56. The van der Waals surface area contributed by atoms with Crippen LogP contribution in [0.3, 0.4) is 0 Å². The second kappa shape index (κ2) is 4.06. The van der Waals surface area contributed by atoms with E-state index < -0.39 is 16.6 Å². The molecule has 0 aliphatic carbocycles. The molecule has 9 heavy (non-hydrogen) atoms. The zero-order valence-electron chi connectivity index (χ0n) is 3.92. The van der Waals surface area contributed by atoms with E-state index in [1.165, 1.54) is 0 Å². The number of rotatable bonds is 0. The van der Waals surface area contributed by atoms with E-state index >= 15 is 0 Å². The second-order valence-corrected chi connectivity index (χ2v) is 1.63. The van der Waals surface area contributed by atoms with Crippen molar-refractivity contribution < 1.29 is 32.5 Å². The third-order valence-corrected chi connectivity index (χ3v) is 0. The smallest absolute Gasteiger partial charge is 0.450 e. The van der Waals surface area contributed by atoms with Crippen LogP contribution in [-0.4, -0.2) is 33.9 Å². The molecule has 0 spiro atoms. The molecule has 0 amide bonds. The van der Waals surface area contributed by atoms with Crippen LogP contribution in [0.5, 0.6) is 0 Å². The summed E-state index contributed by atoms with van der Waals surface area (Å²) < 4.78 is 31.6. The molecule has 0 saturated heterocycles. The van der Waals surface area contributed by atoms with Crippen LogP contribution in [-0.2, 0) is 10.4 Å². The van der Waals surface area contributed by atoms with Gasteiger partial charge in [0, 0.05) is 0 Å². The molecular formula is CH4O7S. The minimum Gasteiger partial charge on any atom is -0.450 e. The van der Waals surface area contributed by atoms with Gasteiger partial charge < -0.3 is 10.2 Å². The Labute approximate surface area is 50.1 Å². The van der Waals surface area contributed by atoms with Crippen LogP contribution in [0.25, 0.3) is 0 Å². The van der Waals surface area contributed by atoms with Gasteiger partial charge in [0.2, 0.25) is 0 Å². The quantitative estimate of drug-likeness (QED) is 0.353. The maximum atomic E-state index is 8.74. The van der Waals surface area contributed by atoms with Crippen LogP contribution in [0, 0.1) is 0 Å². The first-order valence-corrected chi connectivity index (χ1v) is 2.75. The molecule has 7 nitrogen and oxygen atoms in total. The van der Waals surface area contributed by atoms with E-state index in [2.05, 4.69) is 0 Å². The minimum absolute atomic E-state index is 1.83. The molecule has 0 atom stereocenters. The number of hydrogen-bond acceptors (Lipinski definition) is 3. The molecule has 0 unspecified atom stereocenters. The monoisotopic (exact) mass is 160 g/mol.